The van der Waals surface area contributed by atoms with Gasteiger partial charge in [-0.2, -0.15) is 0 Å². The average Bonchev–Trinajstić information content (AvgIpc) is 2.59. The molecule has 0 radical (unpaired) electrons. The van der Waals surface area contributed by atoms with Crippen molar-refractivity contribution in [2.75, 3.05) is 0 Å². The lowest BCUT2D eigenvalue weighted by Crippen LogP contribution is -2.01. The van der Waals surface area contributed by atoms with Gasteiger partial charge in [0, 0.05) is 15.1 Å². The van der Waals surface area contributed by atoms with Crippen molar-refractivity contribution in [2.45, 2.75) is 26.6 Å². The molecular weight excluding hydrogens is 228 g/mol. The van der Waals surface area contributed by atoms with Gasteiger partial charge in [0.15, 0.2) is 0 Å². The summed E-state index contributed by atoms with van der Waals surface area (Å²) >= 11 is 7.89. The Kier molecular flexibility index (Phi) is 3.29. The van der Waals surface area contributed by atoms with Gasteiger partial charge in [-0.25, -0.2) is 0 Å². The Bertz CT molecular complexity index is 462. The lowest BCUT2D eigenvalue weighted by molar-refractivity contribution is 0.0666. The molecule has 0 aliphatic carbocycles. The Morgan fingerprint density at radius 3 is 2.93 bits per heavy atom. The second-order valence-electron chi connectivity index (χ2n) is 3.73. The summed E-state index contributed by atoms with van der Waals surface area (Å²) in [4.78, 5) is 0. The maximum absolute atomic E-state index is 6.17. The standard InChI is InChI=1S/C12H13ClOS/c1-8(2)14-6-9-7-15-11-5-3-4-10(13)12(9)11/h3-5,7-8H,6H2,1-2H3. The second-order valence-corrected chi connectivity index (χ2v) is 5.05. The highest BCUT2D eigenvalue weighted by Gasteiger charge is 2.07. The number of halogens is 1. The van der Waals surface area contributed by atoms with Crippen LogP contribution in [0.15, 0.2) is 23.6 Å². The highest BCUT2D eigenvalue weighted by atomic mass is 35.5. The average molecular weight is 241 g/mol. The van der Waals surface area contributed by atoms with E-state index in [4.69, 9.17) is 16.3 Å². The largest absolute Gasteiger partial charge is 0.374 e. The minimum Gasteiger partial charge on any atom is -0.374 e. The molecule has 0 amide bonds. The molecule has 2 rings (SSSR count). The van der Waals surface area contributed by atoms with E-state index in [1.54, 1.807) is 11.3 Å². The van der Waals surface area contributed by atoms with Crippen molar-refractivity contribution in [3.05, 3.63) is 34.2 Å². The molecule has 2 aromatic rings. The lowest BCUT2D eigenvalue weighted by atomic mass is 10.2. The van der Waals surface area contributed by atoms with Gasteiger partial charge >= 0.3 is 0 Å². The van der Waals surface area contributed by atoms with Crippen LogP contribution in [0.3, 0.4) is 0 Å². The Balaban J connectivity index is 2.35. The summed E-state index contributed by atoms with van der Waals surface area (Å²) in [5.74, 6) is 0. The molecule has 0 aliphatic rings. The number of hydrogen-bond acceptors (Lipinski definition) is 2. The number of ether oxygens (including phenoxy) is 1. The highest BCUT2D eigenvalue weighted by molar-refractivity contribution is 7.17. The third kappa shape index (κ3) is 2.33. The number of rotatable bonds is 3. The molecule has 0 fully saturated rings. The summed E-state index contributed by atoms with van der Waals surface area (Å²) in [5, 5.41) is 4.08. The minimum atomic E-state index is 0.252. The molecule has 1 aromatic heterocycles. The maximum Gasteiger partial charge on any atom is 0.0735 e. The third-order valence-electron chi connectivity index (χ3n) is 2.20. The van der Waals surface area contributed by atoms with Crippen LogP contribution >= 0.6 is 22.9 Å². The fourth-order valence-corrected chi connectivity index (χ4v) is 2.79. The molecule has 0 aliphatic heterocycles. The predicted molar refractivity (Wildman–Crippen MR) is 66.8 cm³/mol. The Morgan fingerprint density at radius 2 is 2.20 bits per heavy atom. The molecule has 0 spiro atoms. The maximum atomic E-state index is 6.17. The van der Waals surface area contributed by atoms with Crippen molar-refractivity contribution in [1.82, 2.24) is 0 Å². The summed E-state index contributed by atoms with van der Waals surface area (Å²) in [7, 11) is 0. The van der Waals surface area contributed by atoms with Crippen LogP contribution in [0.2, 0.25) is 5.02 Å². The van der Waals surface area contributed by atoms with Gasteiger partial charge in [-0.3, -0.25) is 0 Å². The van der Waals surface area contributed by atoms with Gasteiger partial charge in [-0.05, 0) is 36.9 Å². The van der Waals surface area contributed by atoms with Crippen LogP contribution in [0, 0.1) is 0 Å². The van der Waals surface area contributed by atoms with Crippen molar-refractivity contribution in [2.24, 2.45) is 0 Å². The molecular formula is C12H13ClOS. The first-order chi connectivity index (χ1) is 7.18. The van der Waals surface area contributed by atoms with E-state index in [0.717, 1.165) is 10.4 Å². The molecule has 0 atom stereocenters. The van der Waals surface area contributed by atoms with Gasteiger partial charge < -0.3 is 4.74 Å². The fraction of sp³-hybridized carbons (Fsp3) is 0.333. The molecule has 0 saturated heterocycles. The first-order valence-corrected chi connectivity index (χ1v) is 6.20. The van der Waals surface area contributed by atoms with Crippen molar-refractivity contribution >= 4 is 33.0 Å². The number of hydrogen-bond donors (Lipinski definition) is 0. The van der Waals surface area contributed by atoms with E-state index in [0.29, 0.717) is 6.61 Å². The van der Waals surface area contributed by atoms with Crippen LogP contribution in [0.5, 0.6) is 0 Å². The highest BCUT2D eigenvalue weighted by Crippen LogP contribution is 2.32. The van der Waals surface area contributed by atoms with Crippen LogP contribution < -0.4 is 0 Å². The van der Waals surface area contributed by atoms with E-state index in [1.807, 2.05) is 26.0 Å². The molecule has 15 heavy (non-hydrogen) atoms. The zero-order chi connectivity index (χ0) is 10.8. The summed E-state index contributed by atoms with van der Waals surface area (Å²) in [6.07, 6.45) is 0.252. The van der Waals surface area contributed by atoms with Gasteiger partial charge in [0.1, 0.15) is 0 Å². The van der Waals surface area contributed by atoms with Crippen molar-refractivity contribution in [3.8, 4) is 0 Å². The Morgan fingerprint density at radius 1 is 1.40 bits per heavy atom. The topological polar surface area (TPSA) is 9.23 Å². The van der Waals surface area contributed by atoms with Crippen molar-refractivity contribution < 1.29 is 4.74 Å². The number of benzene rings is 1. The monoisotopic (exact) mass is 240 g/mol. The van der Waals surface area contributed by atoms with Crippen LogP contribution in [-0.4, -0.2) is 6.10 Å². The van der Waals surface area contributed by atoms with Gasteiger partial charge in [0.05, 0.1) is 12.7 Å². The molecule has 80 valence electrons. The van der Waals surface area contributed by atoms with E-state index < -0.39 is 0 Å². The quantitative estimate of drug-likeness (QED) is 0.769. The Hall–Kier alpha value is -0.570. The molecule has 0 N–H and O–H groups in total. The SMILES string of the molecule is CC(C)OCc1csc2cccc(Cl)c12. The van der Waals surface area contributed by atoms with Gasteiger partial charge in [0.2, 0.25) is 0 Å². The molecule has 1 heterocycles. The number of fused-ring (bicyclic) bond motifs is 1. The van der Waals surface area contributed by atoms with E-state index >= 15 is 0 Å². The molecule has 3 heteroatoms. The van der Waals surface area contributed by atoms with E-state index in [9.17, 15) is 0 Å². The van der Waals surface area contributed by atoms with Crippen molar-refractivity contribution in [3.63, 3.8) is 0 Å². The first kappa shape index (κ1) is 10.9. The lowest BCUT2D eigenvalue weighted by Gasteiger charge is -2.06. The van der Waals surface area contributed by atoms with E-state index in [1.165, 1.54) is 10.3 Å². The summed E-state index contributed by atoms with van der Waals surface area (Å²) in [6, 6.07) is 5.99. The van der Waals surface area contributed by atoms with E-state index in [2.05, 4.69) is 11.4 Å². The molecule has 0 saturated carbocycles. The second kappa shape index (κ2) is 4.52. The minimum absolute atomic E-state index is 0.252. The van der Waals surface area contributed by atoms with Crippen LogP contribution in [0.1, 0.15) is 19.4 Å². The third-order valence-corrected chi connectivity index (χ3v) is 3.51. The smallest absolute Gasteiger partial charge is 0.0735 e. The van der Waals surface area contributed by atoms with Crippen molar-refractivity contribution in [1.29, 1.82) is 0 Å². The summed E-state index contributed by atoms with van der Waals surface area (Å²) in [6.45, 7) is 4.72. The zero-order valence-corrected chi connectivity index (χ0v) is 10.4. The molecule has 0 bridgehead atoms. The number of thiophene rings is 1. The van der Waals surface area contributed by atoms with Gasteiger partial charge in [0.25, 0.3) is 0 Å². The van der Waals surface area contributed by atoms with Crippen LogP contribution in [0.4, 0.5) is 0 Å². The molecule has 0 unspecified atom stereocenters. The van der Waals surface area contributed by atoms with Gasteiger partial charge in [-0.15, -0.1) is 11.3 Å². The summed E-state index contributed by atoms with van der Waals surface area (Å²) in [5.41, 5.74) is 1.19. The van der Waals surface area contributed by atoms with Crippen LogP contribution in [0.25, 0.3) is 10.1 Å². The van der Waals surface area contributed by atoms with E-state index in [-0.39, 0.29) is 6.10 Å². The fourth-order valence-electron chi connectivity index (χ4n) is 1.47. The van der Waals surface area contributed by atoms with Crippen LogP contribution in [-0.2, 0) is 11.3 Å². The first-order valence-electron chi connectivity index (χ1n) is 4.94. The normalized spacial score (nSPS) is 11.5. The zero-order valence-electron chi connectivity index (χ0n) is 8.79. The van der Waals surface area contributed by atoms with Gasteiger partial charge in [-0.1, -0.05) is 17.7 Å². The molecule has 1 aromatic carbocycles. The predicted octanol–water partition coefficient (Wildman–Crippen LogP) is 4.48. The Labute approximate surface area is 98.6 Å². The summed E-state index contributed by atoms with van der Waals surface area (Å²) < 4.78 is 6.82. The molecule has 1 nitrogen and oxygen atoms in total.